The maximum atomic E-state index is 6.51. The molecule has 2 fully saturated rings. The highest BCUT2D eigenvalue weighted by Gasteiger charge is 2.65. The van der Waals surface area contributed by atoms with Crippen LogP contribution in [0.5, 0.6) is 0 Å². The van der Waals surface area contributed by atoms with E-state index < -0.39 is 14.1 Å². The van der Waals surface area contributed by atoms with Crippen LogP contribution in [0.3, 0.4) is 0 Å². The third-order valence-corrected chi connectivity index (χ3v) is 12.2. The van der Waals surface area contributed by atoms with E-state index in [1.807, 2.05) is 32.0 Å². The van der Waals surface area contributed by atoms with Crippen LogP contribution in [0.1, 0.15) is 40.2 Å². The van der Waals surface area contributed by atoms with Gasteiger partial charge in [0.2, 0.25) is 0 Å². The second-order valence-electron chi connectivity index (χ2n) is 10.4. The summed E-state index contributed by atoms with van der Waals surface area (Å²) in [5.74, 6) is -0.644. The molecular formula is C23H37IO5Si. The lowest BCUT2D eigenvalue weighted by Crippen LogP contribution is -2.45. The Labute approximate surface area is 196 Å². The maximum absolute atomic E-state index is 6.51. The third-order valence-electron chi connectivity index (χ3n) is 6.45. The average Bonchev–Trinajstić information content (AvgIpc) is 3.30. The molecule has 170 valence electrons. The minimum absolute atomic E-state index is 0.0359. The number of alkyl halides is 1. The number of halogens is 1. The van der Waals surface area contributed by atoms with Gasteiger partial charge in [-0.15, -0.1) is 0 Å². The van der Waals surface area contributed by atoms with Gasteiger partial charge in [-0.05, 0) is 37.5 Å². The van der Waals surface area contributed by atoms with Crippen molar-refractivity contribution in [3.8, 4) is 0 Å². The van der Waals surface area contributed by atoms with Gasteiger partial charge in [0.15, 0.2) is 14.1 Å². The second-order valence-corrected chi connectivity index (χ2v) is 16.0. The molecule has 0 bridgehead atoms. The molecule has 0 radical (unpaired) electrons. The lowest BCUT2D eigenvalue weighted by Gasteiger charge is -2.37. The predicted molar refractivity (Wildman–Crippen MR) is 130 cm³/mol. The van der Waals surface area contributed by atoms with Gasteiger partial charge in [0, 0.05) is 4.43 Å². The summed E-state index contributed by atoms with van der Waals surface area (Å²) in [5.41, 5.74) is 0.849. The van der Waals surface area contributed by atoms with E-state index in [2.05, 4.69) is 68.6 Å². The average molecular weight is 549 g/mol. The van der Waals surface area contributed by atoms with Gasteiger partial charge in [-0.25, -0.2) is 0 Å². The van der Waals surface area contributed by atoms with Crippen LogP contribution in [0.15, 0.2) is 30.3 Å². The Kier molecular flexibility index (Phi) is 7.44. The molecule has 3 rings (SSSR count). The highest BCUT2D eigenvalue weighted by molar-refractivity contribution is 14.1. The molecule has 0 unspecified atom stereocenters. The lowest BCUT2D eigenvalue weighted by molar-refractivity contribution is -0.152. The van der Waals surface area contributed by atoms with Gasteiger partial charge in [0.05, 0.1) is 19.8 Å². The van der Waals surface area contributed by atoms with E-state index in [0.29, 0.717) is 19.8 Å². The van der Waals surface area contributed by atoms with E-state index in [1.54, 1.807) is 0 Å². The molecule has 0 aromatic heterocycles. The molecule has 2 saturated heterocycles. The first kappa shape index (κ1) is 24.6. The van der Waals surface area contributed by atoms with Gasteiger partial charge in [0.25, 0.3) is 0 Å². The van der Waals surface area contributed by atoms with Crippen LogP contribution < -0.4 is 0 Å². The summed E-state index contributed by atoms with van der Waals surface area (Å²) in [7, 11) is -1.84. The predicted octanol–water partition coefficient (Wildman–Crippen LogP) is 5.32. The quantitative estimate of drug-likeness (QED) is 0.181. The molecule has 4 atom stereocenters. The summed E-state index contributed by atoms with van der Waals surface area (Å²) in [4.78, 5) is 0. The molecule has 2 aliphatic heterocycles. The standard InChI is InChI=1S/C23H37IO5Si/c1-21(2,3)30(6,7)26-16-23(15-24)20(29-23)19-18(27-22(4,5)28-19)14-25-13-17-11-9-8-10-12-17/h8-12,18-20H,13-16H2,1-7H3/t18-,19+,20-,23-/m0/s1. The lowest BCUT2D eigenvalue weighted by atomic mass is 10.0. The van der Waals surface area contributed by atoms with Crippen LogP contribution in [0, 0.1) is 0 Å². The van der Waals surface area contributed by atoms with Crippen LogP contribution in [-0.4, -0.2) is 55.7 Å². The van der Waals surface area contributed by atoms with Crippen LogP contribution in [0.4, 0.5) is 0 Å². The van der Waals surface area contributed by atoms with Gasteiger partial charge in [-0.3, -0.25) is 0 Å². The molecule has 7 heteroatoms. The second kappa shape index (κ2) is 9.07. The summed E-state index contributed by atoms with van der Waals surface area (Å²) >= 11 is 2.40. The Morgan fingerprint density at radius 3 is 2.33 bits per heavy atom. The first-order valence-electron chi connectivity index (χ1n) is 10.7. The van der Waals surface area contributed by atoms with Gasteiger partial charge in [0.1, 0.15) is 23.9 Å². The van der Waals surface area contributed by atoms with Crippen molar-refractivity contribution in [1.29, 1.82) is 0 Å². The van der Waals surface area contributed by atoms with Crippen molar-refractivity contribution in [2.45, 2.75) is 89.1 Å². The summed E-state index contributed by atoms with van der Waals surface area (Å²) in [6.07, 6.45) is -0.355. The Morgan fingerprint density at radius 1 is 1.07 bits per heavy atom. The topological polar surface area (TPSA) is 49.5 Å². The first-order valence-corrected chi connectivity index (χ1v) is 15.2. The SMILES string of the molecule is CC1(C)O[C@@H]([C@@H]2O[C@@]2(CI)CO[Si](C)(C)C(C)(C)C)[C@H](COCc2ccccc2)O1. The highest BCUT2D eigenvalue weighted by atomic mass is 127. The third kappa shape index (κ3) is 5.66. The highest BCUT2D eigenvalue weighted by Crippen LogP contribution is 2.48. The Hall–Kier alpha value is -0.0331. The molecule has 0 saturated carbocycles. The van der Waals surface area contributed by atoms with Gasteiger partial charge in [-0.1, -0.05) is 73.7 Å². The molecule has 5 nitrogen and oxygen atoms in total. The fraction of sp³-hybridized carbons (Fsp3) is 0.739. The fourth-order valence-electron chi connectivity index (χ4n) is 3.48. The van der Waals surface area contributed by atoms with Crippen molar-refractivity contribution in [1.82, 2.24) is 0 Å². The van der Waals surface area contributed by atoms with E-state index >= 15 is 0 Å². The van der Waals surface area contributed by atoms with Crippen LogP contribution in [0.25, 0.3) is 0 Å². The summed E-state index contributed by atoms with van der Waals surface area (Å²) < 4.78 is 32.1. The van der Waals surface area contributed by atoms with Gasteiger partial charge >= 0.3 is 0 Å². The van der Waals surface area contributed by atoms with E-state index in [0.717, 1.165) is 9.99 Å². The maximum Gasteiger partial charge on any atom is 0.192 e. The summed E-state index contributed by atoms with van der Waals surface area (Å²) in [6.45, 7) is 16.9. The van der Waals surface area contributed by atoms with Crippen molar-refractivity contribution >= 4 is 30.9 Å². The van der Waals surface area contributed by atoms with Crippen LogP contribution in [0.2, 0.25) is 18.1 Å². The summed E-state index contributed by atoms with van der Waals surface area (Å²) in [6, 6.07) is 10.2. The van der Waals surface area contributed by atoms with Gasteiger partial charge < -0.3 is 23.4 Å². The first-order chi connectivity index (χ1) is 13.9. The number of rotatable bonds is 9. The molecule has 0 N–H and O–H groups in total. The number of benzene rings is 1. The largest absolute Gasteiger partial charge is 0.414 e. The molecule has 30 heavy (non-hydrogen) atoms. The van der Waals surface area contributed by atoms with Crippen LogP contribution in [-0.2, 0) is 30.0 Å². The molecule has 0 amide bonds. The zero-order valence-electron chi connectivity index (χ0n) is 19.4. The fourth-order valence-corrected chi connectivity index (χ4v) is 5.35. The number of hydrogen-bond acceptors (Lipinski definition) is 5. The number of hydrogen-bond donors (Lipinski definition) is 0. The van der Waals surface area contributed by atoms with Crippen molar-refractivity contribution in [3.63, 3.8) is 0 Å². The Morgan fingerprint density at radius 2 is 1.73 bits per heavy atom. The molecule has 1 aromatic rings. The van der Waals surface area contributed by atoms with E-state index in [1.165, 1.54) is 0 Å². The normalized spacial score (nSPS) is 31.1. The zero-order valence-corrected chi connectivity index (χ0v) is 22.5. The van der Waals surface area contributed by atoms with Crippen molar-refractivity contribution < 1.29 is 23.4 Å². The Balaban J connectivity index is 1.61. The molecule has 0 spiro atoms. The van der Waals surface area contributed by atoms with Crippen molar-refractivity contribution in [2.24, 2.45) is 0 Å². The molecule has 1 aromatic carbocycles. The molecular weight excluding hydrogens is 511 g/mol. The van der Waals surface area contributed by atoms with E-state index in [4.69, 9.17) is 23.4 Å². The molecule has 2 aliphatic rings. The van der Waals surface area contributed by atoms with Gasteiger partial charge in [-0.2, -0.15) is 0 Å². The smallest absolute Gasteiger partial charge is 0.192 e. The van der Waals surface area contributed by atoms with E-state index in [-0.39, 0.29) is 29.0 Å². The Bertz CT molecular complexity index is 705. The minimum Gasteiger partial charge on any atom is -0.414 e. The van der Waals surface area contributed by atoms with Crippen molar-refractivity contribution in [2.75, 3.05) is 17.6 Å². The zero-order chi connectivity index (χ0) is 22.2. The number of epoxide rings is 1. The van der Waals surface area contributed by atoms with Crippen LogP contribution >= 0.6 is 22.6 Å². The minimum atomic E-state index is -1.84. The van der Waals surface area contributed by atoms with Crippen molar-refractivity contribution in [3.05, 3.63) is 35.9 Å². The molecule has 0 aliphatic carbocycles. The monoisotopic (exact) mass is 548 g/mol. The summed E-state index contributed by atoms with van der Waals surface area (Å²) in [5, 5.41) is 0.173. The van der Waals surface area contributed by atoms with E-state index in [9.17, 15) is 0 Å². The molecule has 2 heterocycles. The number of ether oxygens (including phenoxy) is 4.